The minimum absolute atomic E-state index is 0. The number of aromatic nitrogens is 3. The molecule has 0 spiro atoms. The molecule has 3 aromatic heterocycles. The molecule has 0 radical (unpaired) electrons. The number of halogens is 3. The maximum absolute atomic E-state index is 2.25. The summed E-state index contributed by atoms with van der Waals surface area (Å²) in [4.78, 5) is 2.25. The molecule has 4 nitrogen and oxygen atoms in total. The van der Waals surface area contributed by atoms with E-state index in [4.69, 9.17) is 0 Å². The maximum atomic E-state index is 2.25. The Balaban J connectivity index is 0.00000192. The lowest BCUT2D eigenvalue weighted by molar-refractivity contribution is -0.671. The number of hydrogen-bond donors (Lipinski definition) is 0. The number of nitrogens with zero attached hydrogens (tertiary/aromatic N) is 4. The Bertz CT molecular complexity index is 732. The molecule has 0 aromatic carbocycles. The zero-order valence-corrected chi connectivity index (χ0v) is 14.4. The molecule has 0 bridgehead atoms. The van der Waals surface area contributed by atoms with Crippen LogP contribution in [0, 0.1) is 0 Å². The fourth-order valence-electron chi connectivity index (χ4n) is 2.44. The summed E-state index contributed by atoms with van der Waals surface area (Å²) in [6, 6.07) is 14.7. The first-order valence-corrected chi connectivity index (χ1v) is 7.30. The van der Waals surface area contributed by atoms with Crippen LogP contribution in [0.25, 0.3) is 0 Å². The molecule has 134 valence electrons. The second kappa shape index (κ2) is 9.36. The third-order valence-corrected chi connectivity index (χ3v) is 3.69. The van der Waals surface area contributed by atoms with Gasteiger partial charge in [-0.05, 0) is 6.07 Å². The van der Waals surface area contributed by atoms with Crippen LogP contribution in [0.15, 0.2) is 73.4 Å². The lowest BCUT2D eigenvalue weighted by Crippen LogP contribution is -3.00. The van der Waals surface area contributed by atoms with Crippen molar-refractivity contribution in [3.8, 4) is 0 Å². The third kappa shape index (κ3) is 4.76. The lowest BCUT2D eigenvalue weighted by Gasteiger charge is -2.17. The van der Waals surface area contributed by atoms with Crippen molar-refractivity contribution in [2.45, 2.75) is 0 Å². The van der Waals surface area contributed by atoms with Crippen molar-refractivity contribution in [1.29, 1.82) is 0 Å². The van der Waals surface area contributed by atoms with Crippen molar-refractivity contribution in [3.63, 3.8) is 0 Å². The highest BCUT2D eigenvalue weighted by atomic mass is 19.0. The summed E-state index contributed by atoms with van der Waals surface area (Å²) in [7, 11) is 6.12. The van der Waals surface area contributed by atoms with E-state index in [0.717, 1.165) is 17.2 Å². The summed E-state index contributed by atoms with van der Waals surface area (Å²) in [6.45, 7) is 0. The molecule has 7 heteroatoms. The predicted octanol–water partition coefficient (Wildman–Crippen LogP) is -7.36. The van der Waals surface area contributed by atoms with Crippen LogP contribution in [0.5, 0.6) is 0 Å². The molecule has 3 heterocycles. The zero-order valence-electron chi connectivity index (χ0n) is 14.4. The summed E-state index contributed by atoms with van der Waals surface area (Å²) in [5.74, 6) is 1.12. The van der Waals surface area contributed by atoms with Crippen LogP contribution in [0.4, 0.5) is 17.2 Å². The molecule has 0 unspecified atom stereocenters. The zero-order chi connectivity index (χ0) is 15.5. The SMILES string of the molecule is C[n+]1ccc(N(c2cc[n+](C)cc2)c2cccc[n+]2C)cc1.[F-].[F-].[F-]. The van der Waals surface area contributed by atoms with Crippen LogP contribution in [0.3, 0.4) is 0 Å². The molecule has 25 heavy (non-hydrogen) atoms. The Hall–Kier alpha value is -2.96. The quantitative estimate of drug-likeness (QED) is 0.429. The first kappa shape index (κ1) is 22.0. The molecular weight excluding hydrogens is 329 g/mol. The summed E-state index contributed by atoms with van der Waals surface area (Å²) in [5.41, 5.74) is 2.27. The summed E-state index contributed by atoms with van der Waals surface area (Å²) in [5, 5.41) is 0. The van der Waals surface area contributed by atoms with E-state index in [-0.39, 0.29) is 14.1 Å². The molecular formula is C18H21F3N4. The van der Waals surface area contributed by atoms with E-state index in [1.54, 1.807) is 0 Å². The molecule has 0 amide bonds. The Labute approximate surface area is 145 Å². The van der Waals surface area contributed by atoms with Crippen molar-refractivity contribution >= 4 is 17.2 Å². The fourth-order valence-corrected chi connectivity index (χ4v) is 2.44. The van der Waals surface area contributed by atoms with Gasteiger partial charge >= 0.3 is 0 Å². The largest absolute Gasteiger partial charge is 1.00 e. The molecule has 0 aliphatic rings. The highest BCUT2D eigenvalue weighted by molar-refractivity contribution is 5.71. The molecule has 0 atom stereocenters. The van der Waals surface area contributed by atoms with Crippen LogP contribution in [-0.4, -0.2) is 0 Å². The standard InChI is InChI=1S/C18H21N4.3FH/c1-19-12-7-16(8-13-19)22(17-9-14-20(2)15-10-17)18-6-4-5-11-21(18)3;;;/h4-15H,1-3H3;3*1H/q+3;;;/p-3. The highest BCUT2D eigenvalue weighted by Gasteiger charge is 2.24. The van der Waals surface area contributed by atoms with Gasteiger partial charge in [-0.25, -0.2) is 13.7 Å². The van der Waals surface area contributed by atoms with Gasteiger partial charge < -0.3 is 14.1 Å². The number of aryl methyl sites for hydroxylation is 3. The van der Waals surface area contributed by atoms with Crippen molar-refractivity contribution < 1.29 is 27.8 Å². The van der Waals surface area contributed by atoms with E-state index in [1.807, 2.05) is 29.3 Å². The molecule has 0 fully saturated rings. The first-order valence-electron chi connectivity index (χ1n) is 7.30. The van der Waals surface area contributed by atoms with Gasteiger partial charge in [0.25, 0.3) is 5.82 Å². The molecule has 0 saturated carbocycles. The number of anilines is 3. The Kier molecular flexibility index (Phi) is 8.25. The predicted molar refractivity (Wildman–Crippen MR) is 84.7 cm³/mol. The van der Waals surface area contributed by atoms with Gasteiger partial charge in [0.1, 0.15) is 25.5 Å². The lowest BCUT2D eigenvalue weighted by atomic mass is 10.2. The average Bonchev–Trinajstić information content (AvgIpc) is 2.53. The van der Waals surface area contributed by atoms with Crippen LogP contribution >= 0.6 is 0 Å². The molecule has 0 aliphatic heterocycles. The topological polar surface area (TPSA) is 14.9 Å². The van der Waals surface area contributed by atoms with E-state index in [0.29, 0.717) is 0 Å². The molecule has 3 aromatic rings. The van der Waals surface area contributed by atoms with Crippen molar-refractivity contribution in [2.24, 2.45) is 21.1 Å². The fraction of sp³-hybridized carbons (Fsp3) is 0.167. The van der Waals surface area contributed by atoms with E-state index in [2.05, 4.69) is 83.9 Å². The number of pyridine rings is 3. The Morgan fingerprint density at radius 1 is 0.600 bits per heavy atom. The van der Waals surface area contributed by atoms with Crippen LogP contribution in [0.2, 0.25) is 0 Å². The minimum atomic E-state index is 0. The van der Waals surface area contributed by atoms with Crippen molar-refractivity contribution in [3.05, 3.63) is 73.4 Å². The maximum Gasteiger partial charge on any atom is 0.286 e. The third-order valence-electron chi connectivity index (χ3n) is 3.69. The Morgan fingerprint density at radius 2 is 1.04 bits per heavy atom. The van der Waals surface area contributed by atoms with E-state index in [1.165, 1.54) is 0 Å². The first-order chi connectivity index (χ1) is 10.6. The van der Waals surface area contributed by atoms with Crippen LogP contribution in [-0.2, 0) is 21.1 Å². The van der Waals surface area contributed by atoms with Gasteiger partial charge in [0.2, 0.25) is 0 Å². The molecule has 0 aliphatic carbocycles. The summed E-state index contributed by atoms with van der Waals surface area (Å²) < 4.78 is 6.20. The van der Waals surface area contributed by atoms with Crippen molar-refractivity contribution in [2.75, 3.05) is 4.90 Å². The molecule has 3 rings (SSSR count). The van der Waals surface area contributed by atoms with Gasteiger partial charge in [0.15, 0.2) is 24.8 Å². The average molecular weight is 350 g/mol. The van der Waals surface area contributed by atoms with Gasteiger partial charge in [-0.15, -0.1) is 0 Å². The smallest absolute Gasteiger partial charge is 0.286 e. The second-order valence-electron chi connectivity index (χ2n) is 5.45. The van der Waals surface area contributed by atoms with Gasteiger partial charge in [0, 0.05) is 30.3 Å². The van der Waals surface area contributed by atoms with Gasteiger partial charge in [-0.1, -0.05) is 6.07 Å². The minimum Gasteiger partial charge on any atom is -1.00 e. The normalized spacial score (nSPS) is 9.24. The second-order valence-corrected chi connectivity index (χ2v) is 5.45. The van der Waals surface area contributed by atoms with E-state index >= 15 is 0 Å². The Morgan fingerprint density at radius 3 is 1.44 bits per heavy atom. The monoisotopic (exact) mass is 350 g/mol. The van der Waals surface area contributed by atoms with Gasteiger partial charge in [0.05, 0.1) is 13.2 Å². The number of rotatable bonds is 3. The highest BCUT2D eigenvalue weighted by Crippen LogP contribution is 2.30. The van der Waals surface area contributed by atoms with Crippen LogP contribution < -0.4 is 32.7 Å². The van der Waals surface area contributed by atoms with Gasteiger partial charge in [-0.3, -0.25) is 0 Å². The molecule has 0 N–H and O–H groups in total. The van der Waals surface area contributed by atoms with Crippen molar-refractivity contribution in [1.82, 2.24) is 0 Å². The summed E-state index contributed by atoms with van der Waals surface area (Å²) >= 11 is 0. The summed E-state index contributed by atoms with van der Waals surface area (Å²) in [6.07, 6.45) is 10.3. The number of hydrogen-bond acceptors (Lipinski definition) is 1. The van der Waals surface area contributed by atoms with Crippen LogP contribution in [0.1, 0.15) is 0 Å². The van der Waals surface area contributed by atoms with Gasteiger partial charge in [-0.2, -0.15) is 4.90 Å². The van der Waals surface area contributed by atoms with E-state index in [9.17, 15) is 0 Å². The van der Waals surface area contributed by atoms with E-state index < -0.39 is 0 Å². The molecule has 0 saturated heterocycles.